The van der Waals surface area contributed by atoms with E-state index < -0.39 is 6.17 Å². The van der Waals surface area contributed by atoms with Crippen LogP contribution < -0.4 is 11.3 Å². The molecule has 0 aromatic heterocycles. The van der Waals surface area contributed by atoms with Crippen LogP contribution in [0.2, 0.25) is 0 Å². The van der Waals surface area contributed by atoms with Crippen LogP contribution in [0.4, 0.5) is 4.39 Å². The molecule has 0 unspecified atom stereocenters. The van der Waals surface area contributed by atoms with E-state index in [4.69, 9.17) is 5.84 Å². The number of hydrogen-bond acceptors (Lipinski definition) is 3. The molecule has 1 saturated heterocycles. The highest BCUT2D eigenvalue weighted by atomic mass is 19.1. The Bertz CT molecular complexity index is 99.1. The Morgan fingerprint density at radius 3 is 2.64 bits per heavy atom. The van der Waals surface area contributed by atoms with Crippen LogP contribution in [0, 0.1) is 0 Å². The summed E-state index contributed by atoms with van der Waals surface area (Å²) < 4.78 is 12.6. The maximum atomic E-state index is 12.6. The zero-order valence-electron chi connectivity index (χ0n) is 6.72. The molecule has 0 atom stereocenters. The average Bonchev–Trinajstić information content (AvgIpc) is 2.04. The summed E-state index contributed by atoms with van der Waals surface area (Å²) in [4.78, 5) is 2.23. The van der Waals surface area contributed by atoms with Crippen molar-refractivity contribution in [3.63, 3.8) is 0 Å². The molecule has 1 fully saturated rings. The van der Waals surface area contributed by atoms with Crippen LogP contribution in [0.1, 0.15) is 12.8 Å². The molecule has 11 heavy (non-hydrogen) atoms. The van der Waals surface area contributed by atoms with Gasteiger partial charge in [-0.25, -0.2) is 4.39 Å². The molecule has 0 aromatic rings. The lowest BCUT2D eigenvalue weighted by molar-refractivity contribution is 0.151. The topological polar surface area (TPSA) is 41.3 Å². The van der Waals surface area contributed by atoms with Crippen molar-refractivity contribution in [2.24, 2.45) is 5.84 Å². The van der Waals surface area contributed by atoms with Gasteiger partial charge < -0.3 is 4.90 Å². The van der Waals surface area contributed by atoms with E-state index in [-0.39, 0.29) is 0 Å². The molecule has 0 amide bonds. The van der Waals surface area contributed by atoms with Crippen LogP contribution >= 0.6 is 0 Å². The largest absolute Gasteiger partial charge is 0.302 e. The maximum absolute atomic E-state index is 12.6. The van der Waals surface area contributed by atoms with E-state index in [0.717, 1.165) is 26.2 Å². The molecule has 0 saturated carbocycles. The Hall–Kier alpha value is -0.190. The molecule has 1 aliphatic heterocycles. The second-order valence-corrected chi connectivity index (χ2v) is 2.97. The van der Waals surface area contributed by atoms with E-state index >= 15 is 0 Å². The van der Waals surface area contributed by atoms with Crippen LogP contribution in [0.3, 0.4) is 0 Å². The highest BCUT2D eigenvalue weighted by Gasteiger charge is 2.16. The van der Waals surface area contributed by atoms with Gasteiger partial charge in [0.1, 0.15) is 6.17 Å². The lowest BCUT2D eigenvalue weighted by Crippen LogP contribution is -2.40. The SMILES string of the molecule is NNCCN1CCC(F)CC1. The highest BCUT2D eigenvalue weighted by molar-refractivity contribution is 4.71. The van der Waals surface area contributed by atoms with E-state index in [2.05, 4.69) is 10.3 Å². The quantitative estimate of drug-likeness (QED) is 0.448. The average molecular weight is 161 g/mol. The van der Waals surface area contributed by atoms with E-state index in [0.29, 0.717) is 12.8 Å². The Labute approximate surface area is 66.7 Å². The fourth-order valence-corrected chi connectivity index (χ4v) is 1.35. The third-order valence-corrected chi connectivity index (χ3v) is 2.09. The lowest BCUT2D eigenvalue weighted by atomic mass is 10.1. The molecule has 0 spiro atoms. The number of likely N-dealkylation sites (tertiary alicyclic amines) is 1. The summed E-state index contributed by atoms with van der Waals surface area (Å²) in [5.41, 5.74) is 2.59. The van der Waals surface area contributed by atoms with Crippen molar-refractivity contribution in [3.8, 4) is 0 Å². The third-order valence-electron chi connectivity index (χ3n) is 2.09. The van der Waals surface area contributed by atoms with Gasteiger partial charge in [0.05, 0.1) is 0 Å². The van der Waals surface area contributed by atoms with Gasteiger partial charge in [0.25, 0.3) is 0 Å². The minimum Gasteiger partial charge on any atom is -0.302 e. The maximum Gasteiger partial charge on any atom is 0.103 e. The minimum atomic E-state index is -0.572. The van der Waals surface area contributed by atoms with Crippen LogP contribution in [-0.2, 0) is 0 Å². The molecule has 3 N–H and O–H groups in total. The first-order chi connectivity index (χ1) is 5.33. The molecule has 1 aliphatic rings. The summed E-state index contributed by atoms with van der Waals surface area (Å²) in [6, 6.07) is 0. The normalized spacial score (nSPS) is 22.4. The van der Waals surface area contributed by atoms with Gasteiger partial charge in [0, 0.05) is 26.2 Å². The van der Waals surface area contributed by atoms with Gasteiger partial charge in [-0.3, -0.25) is 11.3 Å². The van der Waals surface area contributed by atoms with Crippen LogP contribution in [0.25, 0.3) is 0 Å². The summed E-state index contributed by atoms with van der Waals surface area (Å²) in [5.74, 6) is 5.12. The Balaban J connectivity index is 2.07. The molecule has 1 rings (SSSR count). The molecule has 0 aromatic carbocycles. The first kappa shape index (κ1) is 8.90. The Kier molecular flexibility index (Phi) is 3.76. The summed E-state index contributed by atoms with van der Waals surface area (Å²) in [6.45, 7) is 3.48. The van der Waals surface area contributed by atoms with Crippen molar-refractivity contribution in [1.29, 1.82) is 0 Å². The van der Waals surface area contributed by atoms with Crippen molar-refractivity contribution in [2.45, 2.75) is 19.0 Å². The van der Waals surface area contributed by atoms with Crippen LogP contribution in [0.15, 0.2) is 0 Å². The number of nitrogens with two attached hydrogens (primary N) is 1. The smallest absolute Gasteiger partial charge is 0.103 e. The van der Waals surface area contributed by atoms with Crippen molar-refractivity contribution in [1.82, 2.24) is 10.3 Å². The monoisotopic (exact) mass is 161 g/mol. The molecule has 3 nitrogen and oxygen atoms in total. The predicted molar refractivity (Wildman–Crippen MR) is 42.8 cm³/mol. The highest BCUT2D eigenvalue weighted by Crippen LogP contribution is 2.11. The van der Waals surface area contributed by atoms with Crippen LogP contribution in [-0.4, -0.2) is 37.3 Å². The second kappa shape index (κ2) is 4.64. The number of hydrazine groups is 1. The van der Waals surface area contributed by atoms with E-state index in [1.54, 1.807) is 0 Å². The molecule has 66 valence electrons. The summed E-state index contributed by atoms with van der Waals surface area (Å²) in [5, 5.41) is 0. The molecule has 0 radical (unpaired) electrons. The van der Waals surface area contributed by atoms with E-state index in [9.17, 15) is 4.39 Å². The number of hydrogen-bond donors (Lipinski definition) is 2. The number of nitrogens with zero attached hydrogens (tertiary/aromatic N) is 1. The number of halogens is 1. The standard InChI is InChI=1S/C7H16FN3/c8-7-1-4-11(5-2-7)6-3-10-9/h7,10H,1-6,9H2. The fraction of sp³-hybridized carbons (Fsp3) is 1.00. The van der Waals surface area contributed by atoms with Gasteiger partial charge in [-0.2, -0.15) is 0 Å². The second-order valence-electron chi connectivity index (χ2n) is 2.97. The minimum absolute atomic E-state index is 0.572. The molecule has 4 heteroatoms. The van der Waals surface area contributed by atoms with E-state index in [1.807, 2.05) is 0 Å². The van der Waals surface area contributed by atoms with Gasteiger partial charge in [-0.05, 0) is 12.8 Å². The van der Waals surface area contributed by atoms with Gasteiger partial charge >= 0.3 is 0 Å². The molecular formula is C7H16FN3. The number of alkyl halides is 1. The predicted octanol–water partition coefficient (Wildman–Crippen LogP) is -0.116. The van der Waals surface area contributed by atoms with Crippen molar-refractivity contribution in [3.05, 3.63) is 0 Å². The number of nitrogens with one attached hydrogen (secondary N) is 1. The fourth-order valence-electron chi connectivity index (χ4n) is 1.35. The summed E-state index contributed by atoms with van der Waals surface area (Å²) in [6.07, 6.45) is 0.798. The first-order valence-electron chi connectivity index (χ1n) is 4.13. The molecule has 0 bridgehead atoms. The molecule has 1 heterocycles. The Morgan fingerprint density at radius 2 is 2.09 bits per heavy atom. The van der Waals surface area contributed by atoms with Crippen molar-refractivity contribution >= 4 is 0 Å². The number of rotatable bonds is 3. The first-order valence-corrected chi connectivity index (χ1v) is 4.13. The van der Waals surface area contributed by atoms with Crippen LogP contribution in [0.5, 0.6) is 0 Å². The van der Waals surface area contributed by atoms with Gasteiger partial charge in [-0.1, -0.05) is 0 Å². The van der Waals surface area contributed by atoms with Gasteiger partial charge in [0.2, 0.25) is 0 Å². The van der Waals surface area contributed by atoms with E-state index in [1.165, 1.54) is 0 Å². The van der Waals surface area contributed by atoms with Gasteiger partial charge in [-0.15, -0.1) is 0 Å². The summed E-state index contributed by atoms with van der Waals surface area (Å²) >= 11 is 0. The van der Waals surface area contributed by atoms with Gasteiger partial charge in [0.15, 0.2) is 0 Å². The van der Waals surface area contributed by atoms with Crippen molar-refractivity contribution in [2.75, 3.05) is 26.2 Å². The summed E-state index contributed by atoms with van der Waals surface area (Å²) in [7, 11) is 0. The lowest BCUT2D eigenvalue weighted by Gasteiger charge is -2.28. The number of piperidine rings is 1. The zero-order valence-corrected chi connectivity index (χ0v) is 6.72. The molecular weight excluding hydrogens is 145 g/mol. The Morgan fingerprint density at radius 1 is 1.45 bits per heavy atom. The van der Waals surface area contributed by atoms with Crippen molar-refractivity contribution < 1.29 is 4.39 Å². The third kappa shape index (κ3) is 3.14. The molecule has 0 aliphatic carbocycles. The zero-order chi connectivity index (χ0) is 8.10.